The van der Waals surface area contributed by atoms with Crippen LogP contribution >= 0.6 is 0 Å². The average Bonchev–Trinajstić information content (AvgIpc) is 2.18. The van der Waals surface area contributed by atoms with E-state index in [2.05, 4.69) is 4.74 Å². The topological polar surface area (TPSA) is 43.4 Å². The van der Waals surface area contributed by atoms with Gasteiger partial charge in [-0.15, -0.1) is 0 Å². The molecule has 1 rings (SSSR count). The van der Waals surface area contributed by atoms with Crippen molar-refractivity contribution in [1.29, 1.82) is 0 Å². The molecule has 74 valence electrons. The molecule has 1 aromatic carbocycles. The van der Waals surface area contributed by atoms with Crippen LogP contribution in [0.1, 0.15) is 20.7 Å². The molecule has 0 aliphatic heterocycles. The molecule has 1 aromatic rings. The van der Waals surface area contributed by atoms with Crippen molar-refractivity contribution in [2.24, 2.45) is 0 Å². The number of methoxy groups -OCH3 is 1. The van der Waals surface area contributed by atoms with E-state index in [1.807, 2.05) is 0 Å². The maximum Gasteiger partial charge on any atom is 0.340 e. The Bertz CT molecular complexity index is 388. The average molecular weight is 200 g/mol. The quantitative estimate of drug-likeness (QED) is 0.537. The van der Waals surface area contributed by atoms with Crippen LogP contribution in [0.5, 0.6) is 0 Å². The van der Waals surface area contributed by atoms with Crippen LogP contribution < -0.4 is 0 Å². The lowest BCUT2D eigenvalue weighted by Gasteiger charge is -2.03. The predicted octanol–water partition coefficient (Wildman–Crippen LogP) is 1.56. The second kappa shape index (κ2) is 3.95. The van der Waals surface area contributed by atoms with Crippen molar-refractivity contribution in [3.05, 3.63) is 34.9 Å². The zero-order valence-corrected chi connectivity index (χ0v) is 7.21. The van der Waals surface area contributed by atoms with Gasteiger partial charge in [-0.2, -0.15) is 0 Å². The third kappa shape index (κ3) is 1.61. The monoisotopic (exact) mass is 200 g/mol. The molecule has 0 heterocycles. The van der Waals surface area contributed by atoms with Gasteiger partial charge in [-0.25, -0.2) is 13.6 Å². The van der Waals surface area contributed by atoms with Crippen molar-refractivity contribution in [2.45, 2.75) is 0 Å². The van der Waals surface area contributed by atoms with Crippen molar-refractivity contribution in [3.63, 3.8) is 0 Å². The van der Waals surface area contributed by atoms with Crippen LogP contribution in [-0.2, 0) is 4.74 Å². The van der Waals surface area contributed by atoms with Crippen molar-refractivity contribution in [3.8, 4) is 0 Å². The van der Waals surface area contributed by atoms with Gasteiger partial charge in [-0.05, 0) is 12.1 Å². The maximum absolute atomic E-state index is 13.2. The van der Waals surface area contributed by atoms with Gasteiger partial charge >= 0.3 is 5.97 Å². The zero-order chi connectivity index (χ0) is 10.7. The third-order valence-electron chi connectivity index (χ3n) is 1.65. The van der Waals surface area contributed by atoms with Gasteiger partial charge in [-0.3, -0.25) is 4.79 Å². The zero-order valence-electron chi connectivity index (χ0n) is 7.21. The summed E-state index contributed by atoms with van der Waals surface area (Å²) in [6, 6.07) is 1.75. The molecule has 0 bridgehead atoms. The van der Waals surface area contributed by atoms with E-state index < -0.39 is 28.7 Å². The maximum atomic E-state index is 13.2. The first kappa shape index (κ1) is 10.3. The summed E-state index contributed by atoms with van der Waals surface area (Å²) >= 11 is 0. The normalized spacial score (nSPS) is 9.64. The van der Waals surface area contributed by atoms with Crippen molar-refractivity contribution in [2.75, 3.05) is 7.11 Å². The number of rotatable bonds is 2. The molecule has 0 aliphatic rings. The minimum atomic E-state index is -1.20. The van der Waals surface area contributed by atoms with E-state index in [4.69, 9.17) is 0 Å². The number of ether oxygens (including phenoxy) is 1. The highest BCUT2D eigenvalue weighted by Gasteiger charge is 2.18. The minimum Gasteiger partial charge on any atom is -0.465 e. The number of esters is 1. The first-order valence-corrected chi connectivity index (χ1v) is 3.63. The molecule has 14 heavy (non-hydrogen) atoms. The van der Waals surface area contributed by atoms with Gasteiger partial charge in [0.05, 0.1) is 18.2 Å². The Kier molecular flexibility index (Phi) is 2.91. The molecule has 0 atom stereocenters. The molecule has 5 heteroatoms. The SMILES string of the molecule is COC(=O)c1ccc(F)c(C=O)c1F. The number of hydrogen-bond donors (Lipinski definition) is 0. The molecule has 0 N–H and O–H groups in total. The van der Waals surface area contributed by atoms with Crippen LogP contribution in [0, 0.1) is 11.6 Å². The lowest BCUT2D eigenvalue weighted by Crippen LogP contribution is -2.07. The molecule has 0 radical (unpaired) electrons. The van der Waals surface area contributed by atoms with Crippen LogP contribution in [0.3, 0.4) is 0 Å². The summed E-state index contributed by atoms with van der Waals surface area (Å²) in [5.41, 5.74) is -1.23. The largest absolute Gasteiger partial charge is 0.465 e. The van der Waals surface area contributed by atoms with Gasteiger partial charge in [0.25, 0.3) is 0 Å². The van der Waals surface area contributed by atoms with Crippen molar-refractivity contribution in [1.82, 2.24) is 0 Å². The first-order valence-electron chi connectivity index (χ1n) is 3.63. The number of benzene rings is 1. The molecule has 0 aliphatic carbocycles. The molecule has 0 amide bonds. The highest BCUT2D eigenvalue weighted by atomic mass is 19.1. The summed E-state index contributed by atoms with van der Waals surface area (Å²) in [6.07, 6.45) is 0.0110. The summed E-state index contributed by atoms with van der Waals surface area (Å²) in [5.74, 6) is -3.16. The Morgan fingerprint density at radius 2 is 2.07 bits per heavy atom. The van der Waals surface area contributed by atoms with Gasteiger partial charge in [0.2, 0.25) is 0 Å². The Balaban J connectivity index is 3.35. The highest BCUT2D eigenvalue weighted by Crippen LogP contribution is 2.15. The fourth-order valence-electron chi connectivity index (χ4n) is 0.945. The highest BCUT2D eigenvalue weighted by molar-refractivity contribution is 5.92. The molecular weight excluding hydrogens is 194 g/mol. The molecule has 0 saturated carbocycles. The molecule has 0 fully saturated rings. The summed E-state index contributed by atoms with van der Waals surface area (Å²) in [4.78, 5) is 21.2. The van der Waals surface area contributed by atoms with Crippen LogP contribution in [0.15, 0.2) is 12.1 Å². The van der Waals surface area contributed by atoms with Crippen LogP contribution in [0.4, 0.5) is 8.78 Å². The van der Waals surface area contributed by atoms with E-state index in [1.165, 1.54) is 0 Å². The molecule has 0 saturated heterocycles. The van der Waals surface area contributed by atoms with Crippen LogP contribution in [-0.4, -0.2) is 19.4 Å². The number of hydrogen-bond acceptors (Lipinski definition) is 3. The summed E-state index contributed by atoms with van der Waals surface area (Å²) in [6.45, 7) is 0. The lowest BCUT2D eigenvalue weighted by molar-refractivity contribution is 0.0595. The van der Waals surface area contributed by atoms with E-state index in [1.54, 1.807) is 0 Å². The molecule has 0 unspecified atom stereocenters. The standard InChI is InChI=1S/C9H6F2O3/c1-14-9(13)5-2-3-7(10)6(4-12)8(5)11/h2-4H,1H3. The van der Waals surface area contributed by atoms with Crippen LogP contribution in [0.2, 0.25) is 0 Å². The Hall–Kier alpha value is -1.78. The Labute approximate surface area is 78.3 Å². The van der Waals surface area contributed by atoms with E-state index in [9.17, 15) is 18.4 Å². The number of halogens is 2. The van der Waals surface area contributed by atoms with E-state index >= 15 is 0 Å². The van der Waals surface area contributed by atoms with Crippen LogP contribution in [0.25, 0.3) is 0 Å². The second-order valence-corrected chi connectivity index (χ2v) is 2.43. The van der Waals surface area contributed by atoms with Gasteiger partial charge in [0, 0.05) is 0 Å². The number of carbonyl (C=O) groups is 2. The summed E-state index contributed by atoms with van der Waals surface area (Å²) in [7, 11) is 1.06. The van der Waals surface area contributed by atoms with Gasteiger partial charge in [0.1, 0.15) is 5.82 Å². The van der Waals surface area contributed by atoms with Gasteiger partial charge < -0.3 is 4.74 Å². The summed E-state index contributed by atoms with van der Waals surface area (Å²) in [5, 5.41) is 0. The van der Waals surface area contributed by atoms with Gasteiger partial charge in [-0.1, -0.05) is 0 Å². The molecular formula is C9H6F2O3. The van der Waals surface area contributed by atoms with Gasteiger partial charge in [0.15, 0.2) is 12.1 Å². The lowest BCUT2D eigenvalue weighted by atomic mass is 10.1. The van der Waals surface area contributed by atoms with E-state index in [-0.39, 0.29) is 6.29 Å². The first-order chi connectivity index (χ1) is 6.61. The molecule has 0 aromatic heterocycles. The molecule has 3 nitrogen and oxygen atoms in total. The fraction of sp³-hybridized carbons (Fsp3) is 0.111. The number of aldehydes is 1. The van der Waals surface area contributed by atoms with Crippen molar-refractivity contribution < 1.29 is 23.1 Å². The third-order valence-corrected chi connectivity index (χ3v) is 1.65. The number of carbonyl (C=O) groups excluding carboxylic acids is 2. The second-order valence-electron chi connectivity index (χ2n) is 2.43. The molecule has 0 spiro atoms. The van der Waals surface area contributed by atoms with E-state index in [0.717, 1.165) is 19.2 Å². The van der Waals surface area contributed by atoms with E-state index in [0.29, 0.717) is 0 Å². The Morgan fingerprint density at radius 1 is 1.43 bits per heavy atom. The minimum absolute atomic E-state index is 0.0110. The smallest absolute Gasteiger partial charge is 0.340 e. The summed E-state index contributed by atoms with van der Waals surface area (Å²) < 4.78 is 30.2. The fourth-order valence-corrected chi connectivity index (χ4v) is 0.945. The van der Waals surface area contributed by atoms with Crippen molar-refractivity contribution >= 4 is 12.3 Å². The Morgan fingerprint density at radius 3 is 2.57 bits per heavy atom. The predicted molar refractivity (Wildman–Crippen MR) is 43.1 cm³/mol.